The van der Waals surface area contributed by atoms with Gasteiger partial charge in [0.25, 0.3) is 0 Å². The van der Waals surface area contributed by atoms with Gasteiger partial charge in [-0.3, -0.25) is 9.69 Å². The molecule has 1 heterocycles. The maximum atomic E-state index is 13.3. The number of fused-ring (bicyclic) bond motifs is 3. The number of ether oxygens (including phenoxy) is 3. The third-order valence-electron chi connectivity index (χ3n) is 7.08. The van der Waals surface area contributed by atoms with Crippen molar-refractivity contribution < 1.29 is 24.1 Å². The minimum Gasteiger partial charge on any atom is -0.468 e. The molecular formula is C28H29NO5. The number of carbonyl (C=O) groups excluding carboxylic acids is 1. The fourth-order valence-corrected chi connectivity index (χ4v) is 5.83. The van der Waals surface area contributed by atoms with Gasteiger partial charge in [-0.05, 0) is 34.7 Å². The molecule has 1 aliphatic heterocycles. The van der Waals surface area contributed by atoms with E-state index in [1.165, 1.54) is 14.2 Å². The molecule has 0 aromatic heterocycles. The van der Waals surface area contributed by atoms with E-state index in [2.05, 4.69) is 41.3 Å². The summed E-state index contributed by atoms with van der Waals surface area (Å²) in [4.78, 5) is 15.4. The van der Waals surface area contributed by atoms with E-state index in [0.717, 1.165) is 27.8 Å². The maximum absolute atomic E-state index is 13.3. The molecule has 0 amide bonds. The number of benzene rings is 3. The molecule has 1 N–H and O–H groups in total. The van der Waals surface area contributed by atoms with Crippen LogP contribution >= 0.6 is 0 Å². The molecule has 1 fully saturated rings. The highest BCUT2D eigenvalue weighted by Gasteiger charge is 2.62. The number of hydrogen-bond donors (Lipinski definition) is 1. The second-order valence-corrected chi connectivity index (χ2v) is 9.11. The molecule has 3 aromatic carbocycles. The lowest BCUT2D eigenvalue weighted by Gasteiger charge is -2.44. The summed E-state index contributed by atoms with van der Waals surface area (Å²) in [6, 6.07) is 25.8. The molecule has 176 valence electrons. The van der Waals surface area contributed by atoms with E-state index in [4.69, 9.17) is 14.2 Å². The summed E-state index contributed by atoms with van der Waals surface area (Å²) in [6.45, 7) is 1.85. The first-order chi connectivity index (χ1) is 16.5. The number of carbonyl (C=O) groups is 1. The Kier molecular flexibility index (Phi) is 5.78. The Morgan fingerprint density at radius 3 is 2.06 bits per heavy atom. The zero-order valence-corrected chi connectivity index (χ0v) is 19.6. The largest absolute Gasteiger partial charge is 0.468 e. The van der Waals surface area contributed by atoms with Crippen molar-refractivity contribution in [3.63, 3.8) is 0 Å². The fourth-order valence-electron chi connectivity index (χ4n) is 5.83. The Balaban J connectivity index is 1.83. The molecule has 6 heteroatoms. The quantitative estimate of drug-likeness (QED) is 0.449. The Morgan fingerprint density at radius 2 is 1.50 bits per heavy atom. The molecule has 6 nitrogen and oxygen atoms in total. The van der Waals surface area contributed by atoms with Crippen molar-refractivity contribution in [1.29, 1.82) is 0 Å². The average Bonchev–Trinajstić information content (AvgIpc) is 3.31. The molecule has 0 saturated carbocycles. The average molecular weight is 460 g/mol. The van der Waals surface area contributed by atoms with Gasteiger partial charge in [0.15, 0.2) is 0 Å². The Labute approximate surface area is 199 Å². The minimum atomic E-state index is -1.33. The normalized spacial score (nSPS) is 25.1. The van der Waals surface area contributed by atoms with Crippen molar-refractivity contribution in [2.45, 2.75) is 30.2 Å². The summed E-state index contributed by atoms with van der Waals surface area (Å²) in [5.74, 6) is -0.462. The summed E-state index contributed by atoms with van der Waals surface area (Å²) in [7, 11) is 2.89. The summed E-state index contributed by atoms with van der Waals surface area (Å²) in [6.07, 6.45) is -0.847. The number of nitrogens with zero attached hydrogens (tertiary/aromatic N) is 1. The van der Waals surface area contributed by atoms with Crippen LogP contribution in [-0.4, -0.2) is 61.3 Å². The number of esters is 1. The summed E-state index contributed by atoms with van der Waals surface area (Å²) < 4.78 is 16.3. The van der Waals surface area contributed by atoms with Crippen LogP contribution in [0.2, 0.25) is 0 Å². The second-order valence-electron chi connectivity index (χ2n) is 9.11. The van der Waals surface area contributed by atoms with Crippen molar-refractivity contribution in [2.24, 2.45) is 0 Å². The van der Waals surface area contributed by atoms with Crippen molar-refractivity contribution in [2.75, 3.05) is 27.6 Å². The number of rotatable bonds is 6. The monoisotopic (exact) mass is 459 g/mol. The van der Waals surface area contributed by atoms with Gasteiger partial charge in [-0.1, -0.05) is 78.9 Å². The fraction of sp³-hybridized carbons (Fsp3) is 0.321. The Hall–Kier alpha value is -3.03. The first-order valence-corrected chi connectivity index (χ1v) is 11.4. The van der Waals surface area contributed by atoms with Gasteiger partial charge in [0.2, 0.25) is 0 Å². The van der Waals surface area contributed by atoms with Crippen molar-refractivity contribution in [3.8, 4) is 11.1 Å². The van der Waals surface area contributed by atoms with Crippen molar-refractivity contribution >= 4 is 5.97 Å². The van der Waals surface area contributed by atoms with Crippen molar-refractivity contribution in [3.05, 3.63) is 95.6 Å². The molecule has 2 aliphatic rings. The van der Waals surface area contributed by atoms with E-state index >= 15 is 0 Å². The van der Waals surface area contributed by atoms with E-state index in [1.807, 2.05) is 42.5 Å². The number of likely N-dealkylation sites (tertiary alicyclic amines) is 1. The predicted molar refractivity (Wildman–Crippen MR) is 128 cm³/mol. The van der Waals surface area contributed by atoms with Crippen LogP contribution in [-0.2, 0) is 24.5 Å². The van der Waals surface area contributed by atoms with Gasteiger partial charge in [-0.2, -0.15) is 0 Å². The third-order valence-corrected chi connectivity index (χ3v) is 7.08. The van der Waals surface area contributed by atoms with Gasteiger partial charge in [0, 0.05) is 13.7 Å². The zero-order chi connectivity index (χ0) is 23.9. The van der Waals surface area contributed by atoms with Crippen LogP contribution in [0.25, 0.3) is 11.1 Å². The molecule has 0 bridgehead atoms. The van der Waals surface area contributed by atoms with Gasteiger partial charge in [0.05, 0.1) is 12.6 Å². The molecule has 1 saturated heterocycles. The first kappa shape index (κ1) is 22.7. The van der Waals surface area contributed by atoms with Gasteiger partial charge in [0.1, 0.15) is 24.5 Å². The van der Waals surface area contributed by atoms with Crippen LogP contribution in [0.4, 0.5) is 0 Å². The van der Waals surface area contributed by atoms with Gasteiger partial charge >= 0.3 is 5.97 Å². The molecule has 3 atom stereocenters. The van der Waals surface area contributed by atoms with Crippen LogP contribution in [0.5, 0.6) is 0 Å². The van der Waals surface area contributed by atoms with Crippen LogP contribution in [0.1, 0.15) is 23.6 Å². The van der Waals surface area contributed by atoms with Crippen LogP contribution in [0.15, 0.2) is 78.9 Å². The van der Waals surface area contributed by atoms with E-state index in [-0.39, 0.29) is 13.3 Å². The molecule has 0 unspecified atom stereocenters. The Bertz CT molecular complexity index is 1150. The van der Waals surface area contributed by atoms with Gasteiger partial charge in [-0.25, -0.2) is 0 Å². The number of aliphatic hydroxyl groups is 1. The number of β-amino-alcohol motifs (C(OH)–C–C–N with tert-alkyl or cyclic N) is 1. The molecule has 3 aromatic rings. The lowest BCUT2D eigenvalue weighted by atomic mass is 9.78. The van der Waals surface area contributed by atoms with Crippen LogP contribution in [0.3, 0.4) is 0 Å². The highest BCUT2D eigenvalue weighted by molar-refractivity contribution is 5.85. The molecule has 34 heavy (non-hydrogen) atoms. The Morgan fingerprint density at radius 1 is 0.941 bits per heavy atom. The summed E-state index contributed by atoms with van der Waals surface area (Å²) in [5.41, 5.74) is 3.16. The van der Waals surface area contributed by atoms with Crippen LogP contribution in [0, 0.1) is 0 Å². The molecule has 5 rings (SSSR count). The minimum absolute atomic E-state index is 0.0480. The van der Waals surface area contributed by atoms with Gasteiger partial charge < -0.3 is 19.3 Å². The molecule has 0 spiro atoms. The predicted octanol–water partition coefficient (Wildman–Crippen LogP) is 3.56. The van der Waals surface area contributed by atoms with E-state index in [9.17, 15) is 9.90 Å². The van der Waals surface area contributed by atoms with Crippen LogP contribution < -0.4 is 0 Å². The topological polar surface area (TPSA) is 68.2 Å². The molecule has 0 radical (unpaired) electrons. The van der Waals surface area contributed by atoms with E-state index in [0.29, 0.717) is 0 Å². The highest BCUT2D eigenvalue weighted by Crippen LogP contribution is 2.57. The smallest absolute Gasteiger partial charge is 0.325 e. The summed E-state index contributed by atoms with van der Waals surface area (Å²) >= 11 is 0. The number of methoxy groups -OCH3 is 2. The van der Waals surface area contributed by atoms with Gasteiger partial charge in [-0.15, -0.1) is 0 Å². The van der Waals surface area contributed by atoms with E-state index < -0.39 is 29.3 Å². The SMILES string of the molecule is COCO[C@H]1[C@@H](C(=O)OC)N(C2(c3ccccc3)c3ccccc3-c3ccccc32)C[C@@]1(C)O. The highest BCUT2D eigenvalue weighted by atomic mass is 16.7. The van der Waals surface area contributed by atoms with E-state index in [1.54, 1.807) is 6.92 Å². The standard InChI is InChI=1S/C28H29NO5/c1-27(31)17-29(24(26(30)33-3)25(27)34-18-32-2)28(19-11-5-4-6-12-19)22-15-9-7-13-20(22)21-14-8-10-16-23(21)28/h4-16,24-25,31H,17-18H2,1-3H3/t24-,25-,27+/m0/s1. The summed E-state index contributed by atoms with van der Waals surface area (Å²) in [5, 5.41) is 11.6. The molecular weight excluding hydrogens is 430 g/mol. The zero-order valence-electron chi connectivity index (χ0n) is 19.6. The number of hydrogen-bond acceptors (Lipinski definition) is 6. The lowest BCUT2D eigenvalue weighted by molar-refractivity contribution is -0.165. The second kappa shape index (κ2) is 8.64. The van der Waals surface area contributed by atoms with Crippen molar-refractivity contribution in [1.82, 2.24) is 4.90 Å². The first-order valence-electron chi connectivity index (χ1n) is 11.4. The molecule has 1 aliphatic carbocycles. The third kappa shape index (κ3) is 3.21. The lowest BCUT2D eigenvalue weighted by Crippen LogP contribution is -2.54. The maximum Gasteiger partial charge on any atom is 0.325 e.